The molecule has 0 atom stereocenters. The van der Waals surface area contributed by atoms with E-state index in [4.69, 9.17) is 11.6 Å². The van der Waals surface area contributed by atoms with Crippen molar-refractivity contribution in [2.75, 3.05) is 18.5 Å². The van der Waals surface area contributed by atoms with Crippen LogP contribution in [0.4, 0.5) is 10.1 Å². The summed E-state index contributed by atoms with van der Waals surface area (Å²) in [5.41, 5.74) is 1.86. The quantitative estimate of drug-likeness (QED) is 0.713. The Bertz CT molecular complexity index is 325. The van der Waals surface area contributed by atoms with E-state index in [1.807, 2.05) is 7.05 Å². The van der Waals surface area contributed by atoms with Gasteiger partial charge in [0, 0.05) is 25.2 Å². The lowest BCUT2D eigenvalue weighted by Gasteiger charge is -2.23. The van der Waals surface area contributed by atoms with Gasteiger partial charge in [0.05, 0.1) is 0 Å². The molecule has 1 nitrogen and oxygen atoms in total. The maximum absolute atomic E-state index is 13.0. The molecular formula is C12H17ClFN. The highest BCUT2D eigenvalue weighted by Crippen LogP contribution is 2.23. The zero-order valence-corrected chi connectivity index (χ0v) is 10.2. The molecule has 0 bridgehead atoms. The molecule has 15 heavy (non-hydrogen) atoms. The van der Waals surface area contributed by atoms with Gasteiger partial charge >= 0.3 is 0 Å². The van der Waals surface area contributed by atoms with Crippen LogP contribution in [0, 0.1) is 11.7 Å². The molecule has 0 aliphatic heterocycles. The van der Waals surface area contributed by atoms with Gasteiger partial charge < -0.3 is 4.90 Å². The lowest BCUT2D eigenvalue weighted by Crippen LogP contribution is -2.23. The van der Waals surface area contributed by atoms with Gasteiger partial charge in [-0.3, -0.25) is 0 Å². The Hall–Kier alpha value is -0.760. The van der Waals surface area contributed by atoms with Gasteiger partial charge in [-0.05, 0) is 29.7 Å². The second-order valence-electron chi connectivity index (χ2n) is 4.18. The maximum Gasteiger partial charge on any atom is 0.123 e. The molecule has 0 unspecified atom stereocenters. The lowest BCUT2D eigenvalue weighted by atomic mass is 10.1. The molecule has 3 heteroatoms. The van der Waals surface area contributed by atoms with Crippen LogP contribution in [-0.4, -0.2) is 13.6 Å². The fourth-order valence-electron chi connectivity index (χ4n) is 1.68. The summed E-state index contributed by atoms with van der Waals surface area (Å²) in [4.78, 5) is 2.11. The highest BCUT2D eigenvalue weighted by Gasteiger charge is 2.09. The number of alkyl halides is 1. The minimum absolute atomic E-state index is 0.229. The van der Waals surface area contributed by atoms with Gasteiger partial charge in [0.25, 0.3) is 0 Å². The average Bonchev–Trinajstić information content (AvgIpc) is 2.16. The number of anilines is 1. The summed E-state index contributed by atoms with van der Waals surface area (Å²) in [6.45, 7) is 5.25. The summed E-state index contributed by atoms with van der Waals surface area (Å²) in [6, 6.07) is 4.76. The van der Waals surface area contributed by atoms with Crippen LogP contribution in [0.2, 0.25) is 0 Å². The zero-order valence-electron chi connectivity index (χ0n) is 9.43. The molecule has 0 fully saturated rings. The second kappa shape index (κ2) is 5.36. The molecule has 1 aromatic carbocycles. The van der Waals surface area contributed by atoms with Gasteiger partial charge in [0.2, 0.25) is 0 Å². The van der Waals surface area contributed by atoms with E-state index in [2.05, 4.69) is 18.7 Å². The Morgan fingerprint density at radius 3 is 2.60 bits per heavy atom. The summed E-state index contributed by atoms with van der Waals surface area (Å²) in [5, 5.41) is 0. The van der Waals surface area contributed by atoms with Crippen molar-refractivity contribution in [2.24, 2.45) is 5.92 Å². The fraction of sp³-hybridized carbons (Fsp3) is 0.500. The minimum atomic E-state index is -0.229. The molecule has 0 spiro atoms. The summed E-state index contributed by atoms with van der Waals surface area (Å²) >= 11 is 5.79. The van der Waals surface area contributed by atoms with Crippen molar-refractivity contribution in [1.82, 2.24) is 0 Å². The van der Waals surface area contributed by atoms with Gasteiger partial charge in [-0.2, -0.15) is 0 Å². The molecule has 0 heterocycles. The monoisotopic (exact) mass is 229 g/mol. The van der Waals surface area contributed by atoms with Crippen molar-refractivity contribution in [1.29, 1.82) is 0 Å². The Balaban J connectivity index is 2.92. The van der Waals surface area contributed by atoms with E-state index >= 15 is 0 Å². The zero-order chi connectivity index (χ0) is 11.4. The van der Waals surface area contributed by atoms with Crippen LogP contribution in [0.3, 0.4) is 0 Å². The molecule has 0 N–H and O–H groups in total. The predicted octanol–water partition coefficient (Wildman–Crippen LogP) is 3.66. The van der Waals surface area contributed by atoms with Crippen LogP contribution in [0.1, 0.15) is 19.4 Å². The number of rotatable bonds is 4. The van der Waals surface area contributed by atoms with Crippen molar-refractivity contribution < 1.29 is 4.39 Å². The molecule has 0 saturated heterocycles. The normalized spacial score (nSPS) is 10.8. The standard InChI is InChI=1S/C12H17ClFN/c1-9(2)8-15(3)12-5-4-11(14)6-10(12)7-13/h4-6,9H,7-8H2,1-3H3. The maximum atomic E-state index is 13.0. The van der Waals surface area contributed by atoms with E-state index in [1.54, 1.807) is 6.07 Å². The van der Waals surface area contributed by atoms with Gasteiger partial charge in [0.1, 0.15) is 5.82 Å². The van der Waals surface area contributed by atoms with E-state index in [0.717, 1.165) is 17.8 Å². The van der Waals surface area contributed by atoms with Crippen LogP contribution < -0.4 is 4.90 Å². The Morgan fingerprint density at radius 1 is 1.40 bits per heavy atom. The molecule has 0 aliphatic rings. The summed E-state index contributed by atoms with van der Waals surface area (Å²) < 4.78 is 13.0. The van der Waals surface area contributed by atoms with Crippen molar-refractivity contribution in [3.63, 3.8) is 0 Å². The van der Waals surface area contributed by atoms with Crippen LogP contribution in [0.15, 0.2) is 18.2 Å². The Morgan fingerprint density at radius 2 is 2.07 bits per heavy atom. The largest absolute Gasteiger partial charge is 0.374 e. The third kappa shape index (κ3) is 3.38. The molecule has 0 aromatic heterocycles. The first-order chi connectivity index (χ1) is 7.04. The first-order valence-electron chi connectivity index (χ1n) is 5.10. The third-order valence-corrected chi connectivity index (χ3v) is 2.52. The van der Waals surface area contributed by atoms with Crippen LogP contribution in [0.25, 0.3) is 0 Å². The highest BCUT2D eigenvalue weighted by molar-refractivity contribution is 6.17. The molecule has 0 saturated carbocycles. The topological polar surface area (TPSA) is 3.24 Å². The van der Waals surface area contributed by atoms with Crippen molar-refractivity contribution >= 4 is 17.3 Å². The van der Waals surface area contributed by atoms with E-state index in [-0.39, 0.29) is 5.82 Å². The Labute approximate surface area is 95.8 Å². The molecule has 1 aromatic rings. The smallest absolute Gasteiger partial charge is 0.123 e. The predicted molar refractivity (Wildman–Crippen MR) is 64.1 cm³/mol. The van der Waals surface area contributed by atoms with Crippen molar-refractivity contribution in [3.8, 4) is 0 Å². The SMILES string of the molecule is CC(C)CN(C)c1ccc(F)cc1CCl. The number of benzene rings is 1. The van der Waals surface area contributed by atoms with E-state index in [0.29, 0.717) is 11.8 Å². The second-order valence-corrected chi connectivity index (χ2v) is 4.45. The number of nitrogens with zero attached hydrogens (tertiary/aromatic N) is 1. The van der Waals surface area contributed by atoms with Crippen LogP contribution in [-0.2, 0) is 5.88 Å². The average molecular weight is 230 g/mol. The van der Waals surface area contributed by atoms with Crippen molar-refractivity contribution in [2.45, 2.75) is 19.7 Å². The molecule has 0 radical (unpaired) electrons. The van der Waals surface area contributed by atoms with Crippen LogP contribution >= 0.6 is 11.6 Å². The summed E-state index contributed by atoms with van der Waals surface area (Å²) in [7, 11) is 2.00. The molecule has 84 valence electrons. The molecule has 0 amide bonds. The number of halogens is 2. The lowest BCUT2D eigenvalue weighted by molar-refractivity contribution is 0.622. The molecule has 1 rings (SSSR count). The fourth-order valence-corrected chi connectivity index (χ4v) is 1.89. The minimum Gasteiger partial charge on any atom is -0.374 e. The highest BCUT2D eigenvalue weighted by atomic mass is 35.5. The number of hydrogen-bond acceptors (Lipinski definition) is 1. The van der Waals surface area contributed by atoms with E-state index in [1.165, 1.54) is 12.1 Å². The van der Waals surface area contributed by atoms with E-state index in [9.17, 15) is 4.39 Å². The van der Waals surface area contributed by atoms with Gasteiger partial charge in [0.15, 0.2) is 0 Å². The van der Waals surface area contributed by atoms with Gasteiger partial charge in [-0.25, -0.2) is 4.39 Å². The van der Waals surface area contributed by atoms with Gasteiger partial charge in [-0.15, -0.1) is 11.6 Å². The molecule has 0 aliphatic carbocycles. The van der Waals surface area contributed by atoms with E-state index < -0.39 is 0 Å². The first-order valence-corrected chi connectivity index (χ1v) is 5.63. The third-order valence-electron chi connectivity index (χ3n) is 2.24. The number of hydrogen-bond donors (Lipinski definition) is 0. The summed E-state index contributed by atoms with van der Waals surface area (Å²) in [5.74, 6) is 0.686. The van der Waals surface area contributed by atoms with Crippen molar-refractivity contribution in [3.05, 3.63) is 29.6 Å². The van der Waals surface area contributed by atoms with Gasteiger partial charge in [-0.1, -0.05) is 13.8 Å². The first kappa shape index (κ1) is 12.3. The summed E-state index contributed by atoms with van der Waals surface area (Å²) in [6.07, 6.45) is 0. The Kier molecular flexibility index (Phi) is 4.40. The van der Waals surface area contributed by atoms with Crippen LogP contribution in [0.5, 0.6) is 0 Å². The molecular weight excluding hydrogens is 213 g/mol.